The molecule has 0 aromatic carbocycles. The molecule has 5 nitrogen and oxygen atoms in total. The number of ketones is 2. The third kappa shape index (κ3) is 1.13. The Balaban J connectivity index is 2.53. The smallest absolute Gasteiger partial charge is 0.249 e. The van der Waals surface area contributed by atoms with Crippen molar-refractivity contribution in [3.05, 3.63) is 0 Å². The zero-order valence-electron chi connectivity index (χ0n) is 11.6. The molecule has 0 unspecified atom stereocenters. The quantitative estimate of drug-likeness (QED) is 0.442. The first-order valence-corrected chi connectivity index (χ1v) is 6.19. The summed E-state index contributed by atoms with van der Waals surface area (Å²) < 4.78 is 0. The summed E-state index contributed by atoms with van der Waals surface area (Å²) in [4.78, 5) is 36.9. The largest absolute Gasteiger partial charge is 0.290 e. The second kappa shape index (κ2) is 3.41. The average Bonchev–Trinajstić information content (AvgIpc) is 2.51. The summed E-state index contributed by atoms with van der Waals surface area (Å²) in [6, 6.07) is 0. The molecule has 0 aromatic rings. The van der Waals surface area contributed by atoms with Crippen molar-refractivity contribution in [1.82, 2.24) is 10.4 Å². The SMILES string of the molecule is CN(C)NC(=O)[C@@]12CC[C@@](C)(C(=O)C1=O)C2(C)C. The van der Waals surface area contributed by atoms with Crippen LogP contribution >= 0.6 is 0 Å². The first kappa shape index (κ1) is 13.2. The number of carbonyl (C=O) groups excluding carboxylic acids is 3. The van der Waals surface area contributed by atoms with Crippen LogP contribution in [0, 0.1) is 16.2 Å². The average molecular weight is 252 g/mol. The number of nitrogens with one attached hydrogen (secondary N) is 1. The van der Waals surface area contributed by atoms with Crippen LogP contribution in [0.15, 0.2) is 0 Å². The van der Waals surface area contributed by atoms with Gasteiger partial charge < -0.3 is 0 Å². The Morgan fingerprint density at radius 1 is 1.11 bits per heavy atom. The van der Waals surface area contributed by atoms with Crippen LogP contribution in [-0.4, -0.2) is 36.6 Å². The first-order valence-electron chi connectivity index (χ1n) is 6.19. The molecule has 2 saturated carbocycles. The molecule has 100 valence electrons. The zero-order chi connectivity index (χ0) is 13.9. The molecule has 2 aliphatic carbocycles. The van der Waals surface area contributed by atoms with Crippen LogP contribution in [0.4, 0.5) is 0 Å². The molecule has 2 atom stereocenters. The van der Waals surface area contributed by atoms with Gasteiger partial charge in [0.1, 0.15) is 5.41 Å². The predicted molar refractivity (Wildman–Crippen MR) is 65.4 cm³/mol. The highest BCUT2D eigenvalue weighted by atomic mass is 16.2. The minimum Gasteiger partial charge on any atom is -0.290 e. The number of carbonyl (C=O) groups is 3. The van der Waals surface area contributed by atoms with Gasteiger partial charge >= 0.3 is 0 Å². The molecular formula is C13H20N2O3. The second-order valence-electron chi connectivity index (χ2n) is 6.36. The van der Waals surface area contributed by atoms with Gasteiger partial charge in [0, 0.05) is 19.5 Å². The Kier molecular flexibility index (Phi) is 2.50. The standard InChI is InChI=1S/C13H20N2O3/c1-11(2)12(3)6-7-13(11,9(17)8(12)16)10(18)14-15(4)5/h6-7H2,1-5H3,(H,14,18)/t12-,13+/m0/s1. The Bertz CT molecular complexity index is 455. The number of fused-ring (bicyclic) bond motifs is 2. The van der Waals surface area contributed by atoms with Gasteiger partial charge in [0.2, 0.25) is 17.5 Å². The summed E-state index contributed by atoms with van der Waals surface area (Å²) in [7, 11) is 3.38. The van der Waals surface area contributed by atoms with Gasteiger partial charge in [0.25, 0.3) is 0 Å². The topological polar surface area (TPSA) is 66.5 Å². The minimum absolute atomic E-state index is 0.350. The van der Waals surface area contributed by atoms with Crippen LogP contribution in [0.5, 0.6) is 0 Å². The van der Waals surface area contributed by atoms with E-state index in [1.54, 1.807) is 14.1 Å². The fourth-order valence-electron chi connectivity index (χ4n) is 3.57. The maximum atomic E-state index is 12.4. The maximum absolute atomic E-state index is 12.4. The van der Waals surface area contributed by atoms with Crippen molar-refractivity contribution in [3.63, 3.8) is 0 Å². The molecule has 18 heavy (non-hydrogen) atoms. The van der Waals surface area contributed by atoms with Crippen LogP contribution in [0.25, 0.3) is 0 Å². The van der Waals surface area contributed by atoms with Gasteiger partial charge in [0.15, 0.2) is 0 Å². The fraction of sp³-hybridized carbons (Fsp3) is 0.769. The molecule has 2 fully saturated rings. The van der Waals surface area contributed by atoms with Crippen LogP contribution in [0.2, 0.25) is 0 Å². The molecule has 0 spiro atoms. The lowest BCUT2D eigenvalue weighted by atomic mass is 9.64. The van der Waals surface area contributed by atoms with E-state index in [0.29, 0.717) is 12.8 Å². The van der Waals surface area contributed by atoms with Crippen molar-refractivity contribution in [2.24, 2.45) is 16.2 Å². The lowest BCUT2D eigenvalue weighted by Gasteiger charge is -2.37. The molecule has 0 aliphatic heterocycles. The van der Waals surface area contributed by atoms with E-state index < -0.39 is 22.0 Å². The van der Waals surface area contributed by atoms with E-state index in [1.807, 2.05) is 20.8 Å². The maximum Gasteiger partial charge on any atom is 0.249 e. The summed E-state index contributed by atoms with van der Waals surface area (Å²) in [5, 5.41) is 1.51. The van der Waals surface area contributed by atoms with E-state index in [4.69, 9.17) is 0 Å². The number of hydrogen-bond donors (Lipinski definition) is 1. The molecule has 0 aromatic heterocycles. The lowest BCUT2D eigenvalue weighted by Crippen LogP contribution is -2.53. The summed E-state index contributed by atoms with van der Waals surface area (Å²) in [6.07, 6.45) is 1.06. The van der Waals surface area contributed by atoms with E-state index in [1.165, 1.54) is 5.01 Å². The summed E-state index contributed by atoms with van der Waals surface area (Å²) in [6.45, 7) is 5.53. The number of Topliss-reactive ketones (excluding diaryl/α,β-unsaturated/α-hetero) is 2. The normalized spacial score (nSPS) is 37.4. The third-order valence-corrected chi connectivity index (χ3v) is 5.25. The molecule has 1 N–H and O–H groups in total. The molecule has 5 heteroatoms. The van der Waals surface area contributed by atoms with Gasteiger partial charge in [-0.25, -0.2) is 5.01 Å². The van der Waals surface area contributed by atoms with Gasteiger partial charge in [-0.2, -0.15) is 0 Å². The second-order valence-corrected chi connectivity index (χ2v) is 6.36. The first-order chi connectivity index (χ1) is 8.11. The van der Waals surface area contributed by atoms with Gasteiger partial charge in [-0.1, -0.05) is 20.8 Å². The van der Waals surface area contributed by atoms with E-state index >= 15 is 0 Å². The van der Waals surface area contributed by atoms with Crippen molar-refractivity contribution in [3.8, 4) is 0 Å². The predicted octanol–water partition coefficient (Wildman–Crippen LogP) is 0.544. The summed E-state index contributed by atoms with van der Waals surface area (Å²) >= 11 is 0. The van der Waals surface area contributed by atoms with E-state index in [2.05, 4.69) is 5.43 Å². The lowest BCUT2D eigenvalue weighted by molar-refractivity contribution is -0.151. The number of hydrazine groups is 1. The Hall–Kier alpha value is -1.23. The van der Waals surface area contributed by atoms with Gasteiger partial charge in [-0.15, -0.1) is 0 Å². The number of amides is 1. The van der Waals surface area contributed by atoms with Crippen LogP contribution in [0.3, 0.4) is 0 Å². The van der Waals surface area contributed by atoms with Crippen LogP contribution in [0.1, 0.15) is 33.6 Å². The molecular weight excluding hydrogens is 232 g/mol. The van der Waals surface area contributed by atoms with Crippen molar-refractivity contribution in [2.75, 3.05) is 14.1 Å². The Morgan fingerprint density at radius 3 is 2.06 bits per heavy atom. The molecule has 2 bridgehead atoms. The van der Waals surface area contributed by atoms with Crippen molar-refractivity contribution in [2.45, 2.75) is 33.6 Å². The number of rotatable bonds is 2. The molecule has 0 radical (unpaired) electrons. The molecule has 1 amide bonds. The van der Waals surface area contributed by atoms with Crippen molar-refractivity contribution in [1.29, 1.82) is 0 Å². The van der Waals surface area contributed by atoms with E-state index in [9.17, 15) is 14.4 Å². The monoisotopic (exact) mass is 252 g/mol. The van der Waals surface area contributed by atoms with E-state index in [0.717, 1.165) is 0 Å². The summed E-state index contributed by atoms with van der Waals surface area (Å²) in [5.41, 5.74) is 0.126. The molecule has 2 aliphatic rings. The van der Waals surface area contributed by atoms with Crippen LogP contribution < -0.4 is 5.43 Å². The molecule has 2 rings (SSSR count). The molecule has 0 saturated heterocycles. The van der Waals surface area contributed by atoms with E-state index in [-0.39, 0.29) is 11.7 Å². The van der Waals surface area contributed by atoms with Gasteiger partial charge in [-0.05, 0) is 18.3 Å². The highest BCUT2D eigenvalue weighted by molar-refractivity contribution is 6.48. The number of hydrogen-bond acceptors (Lipinski definition) is 4. The van der Waals surface area contributed by atoms with Crippen molar-refractivity contribution < 1.29 is 14.4 Å². The third-order valence-electron chi connectivity index (χ3n) is 5.25. The van der Waals surface area contributed by atoms with Crippen molar-refractivity contribution >= 4 is 17.5 Å². The summed E-state index contributed by atoms with van der Waals surface area (Å²) in [5.74, 6) is -1.25. The Morgan fingerprint density at radius 2 is 1.67 bits per heavy atom. The fourth-order valence-corrected chi connectivity index (χ4v) is 3.57. The Labute approximate surface area is 107 Å². The van der Waals surface area contributed by atoms with Crippen LogP contribution in [-0.2, 0) is 14.4 Å². The van der Waals surface area contributed by atoms with Gasteiger partial charge in [0.05, 0.1) is 0 Å². The zero-order valence-corrected chi connectivity index (χ0v) is 11.6. The highest BCUT2D eigenvalue weighted by Gasteiger charge is 2.77. The van der Waals surface area contributed by atoms with Gasteiger partial charge in [-0.3, -0.25) is 19.8 Å². The number of nitrogens with zero attached hydrogens (tertiary/aromatic N) is 1. The molecule has 0 heterocycles. The minimum atomic E-state index is -1.19. The highest BCUT2D eigenvalue weighted by Crippen LogP contribution is 2.68.